The largest absolute Gasteiger partial charge is 0.487 e. The Morgan fingerprint density at radius 1 is 0.912 bits per heavy atom. The van der Waals surface area contributed by atoms with Crippen molar-refractivity contribution in [2.75, 3.05) is 0 Å². The molecule has 0 amide bonds. The molecule has 0 unspecified atom stereocenters. The maximum Gasteiger partial charge on any atom is 0.363 e. The molecule has 0 saturated heterocycles. The Kier molecular flexibility index (Phi) is 6.89. The molecule has 7 heteroatoms. The van der Waals surface area contributed by atoms with Crippen LogP contribution in [0, 0.1) is 7.14 Å². The Labute approximate surface area is 228 Å². The third-order valence-electron chi connectivity index (χ3n) is 5.27. The predicted molar refractivity (Wildman–Crippen MR) is 152 cm³/mol. The van der Waals surface area contributed by atoms with Crippen molar-refractivity contribution in [3.63, 3.8) is 0 Å². The van der Waals surface area contributed by atoms with E-state index in [-0.39, 0.29) is 5.70 Å². The first-order chi connectivity index (χ1) is 16.5. The molecular formula is C27H16ClI2NO3. The number of carbonyl (C=O) groups is 1. The summed E-state index contributed by atoms with van der Waals surface area (Å²) in [6.45, 7) is 0.373. The standard InChI is InChI=1S/C27H16ClI2NO3/c28-21-8-4-3-7-20(21)15-33-25-22(29)11-16(12-23(25)30)13-24-27(32)34-26(31-24)19-10-9-17-5-1-2-6-18(17)14-19/h1-14H,15H2/b24-13-. The van der Waals surface area contributed by atoms with Gasteiger partial charge >= 0.3 is 5.97 Å². The van der Waals surface area contributed by atoms with Crippen molar-refractivity contribution in [3.8, 4) is 5.75 Å². The summed E-state index contributed by atoms with van der Waals surface area (Å²) in [6.07, 6.45) is 1.73. The van der Waals surface area contributed by atoms with Crippen LogP contribution < -0.4 is 4.74 Å². The maximum atomic E-state index is 12.5. The summed E-state index contributed by atoms with van der Waals surface area (Å²) in [5.74, 6) is 0.621. The minimum absolute atomic E-state index is 0.263. The van der Waals surface area contributed by atoms with E-state index in [0.717, 1.165) is 40.4 Å². The highest BCUT2D eigenvalue weighted by molar-refractivity contribution is 14.1. The molecule has 0 aliphatic carbocycles. The number of esters is 1. The van der Waals surface area contributed by atoms with E-state index in [1.54, 1.807) is 6.08 Å². The number of ether oxygens (including phenoxy) is 2. The molecule has 34 heavy (non-hydrogen) atoms. The number of nitrogens with zero attached hydrogens (tertiary/aromatic N) is 1. The Bertz CT molecular complexity index is 1470. The second-order valence-corrected chi connectivity index (χ2v) is 10.3. The highest BCUT2D eigenvalue weighted by Crippen LogP contribution is 2.32. The quantitative estimate of drug-likeness (QED) is 0.123. The van der Waals surface area contributed by atoms with Crippen LogP contribution in [-0.2, 0) is 16.1 Å². The SMILES string of the molecule is O=C1OC(c2ccc3ccccc3c2)=N/C1=C\c1cc(I)c(OCc2ccccc2Cl)c(I)c1. The minimum atomic E-state index is -0.466. The van der Waals surface area contributed by atoms with Gasteiger partial charge in [0.05, 0.1) is 7.14 Å². The van der Waals surface area contributed by atoms with Crippen LogP contribution in [0.3, 0.4) is 0 Å². The van der Waals surface area contributed by atoms with Gasteiger partial charge in [-0.25, -0.2) is 9.79 Å². The highest BCUT2D eigenvalue weighted by atomic mass is 127. The Hall–Kier alpha value is -2.43. The average molecular weight is 692 g/mol. The molecule has 4 aromatic rings. The van der Waals surface area contributed by atoms with Crippen LogP contribution in [0.4, 0.5) is 0 Å². The molecule has 0 bridgehead atoms. The summed E-state index contributed by atoms with van der Waals surface area (Å²) in [4.78, 5) is 17.0. The van der Waals surface area contributed by atoms with Crippen LogP contribution in [0.1, 0.15) is 16.7 Å². The van der Waals surface area contributed by atoms with Gasteiger partial charge < -0.3 is 9.47 Å². The fraction of sp³-hybridized carbons (Fsp3) is 0.0370. The number of hydrogen-bond acceptors (Lipinski definition) is 4. The van der Waals surface area contributed by atoms with E-state index in [4.69, 9.17) is 21.1 Å². The zero-order chi connectivity index (χ0) is 23.7. The molecule has 1 heterocycles. The van der Waals surface area contributed by atoms with Crippen molar-refractivity contribution >= 4 is 85.5 Å². The van der Waals surface area contributed by atoms with Gasteiger partial charge in [-0.15, -0.1) is 0 Å². The molecule has 0 saturated carbocycles. The molecule has 0 N–H and O–H groups in total. The van der Waals surface area contributed by atoms with E-state index in [1.165, 1.54) is 0 Å². The van der Waals surface area contributed by atoms with Crippen LogP contribution in [0.2, 0.25) is 5.02 Å². The van der Waals surface area contributed by atoms with E-state index < -0.39 is 5.97 Å². The summed E-state index contributed by atoms with van der Waals surface area (Å²) in [7, 11) is 0. The summed E-state index contributed by atoms with van der Waals surface area (Å²) in [5, 5.41) is 2.86. The fourth-order valence-corrected chi connectivity index (χ4v) is 5.90. The molecule has 4 nitrogen and oxygen atoms in total. The van der Waals surface area contributed by atoms with Crippen LogP contribution in [0.25, 0.3) is 16.8 Å². The number of aliphatic imine (C=N–C) groups is 1. The number of carbonyl (C=O) groups excluding carboxylic acids is 1. The van der Waals surface area contributed by atoms with Gasteiger partial charge in [0.1, 0.15) is 12.4 Å². The normalized spacial score (nSPS) is 14.4. The zero-order valence-electron chi connectivity index (χ0n) is 17.6. The molecule has 1 aliphatic rings. The Morgan fingerprint density at radius 2 is 1.62 bits per heavy atom. The number of hydrogen-bond donors (Lipinski definition) is 0. The first kappa shape index (κ1) is 23.3. The highest BCUT2D eigenvalue weighted by Gasteiger charge is 2.24. The summed E-state index contributed by atoms with van der Waals surface area (Å²) in [6, 6.07) is 25.4. The summed E-state index contributed by atoms with van der Waals surface area (Å²) < 4.78 is 13.4. The number of benzene rings is 4. The van der Waals surface area contributed by atoms with Crippen LogP contribution in [-0.4, -0.2) is 11.9 Å². The monoisotopic (exact) mass is 691 g/mol. The van der Waals surface area contributed by atoms with Crippen molar-refractivity contribution in [2.45, 2.75) is 6.61 Å². The van der Waals surface area contributed by atoms with E-state index in [2.05, 4.69) is 50.2 Å². The Balaban J connectivity index is 1.39. The summed E-state index contributed by atoms with van der Waals surface area (Å²) in [5.41, 5.74) is 2.79. The number of halogens is 3. The lowest BCUT2D eigenvalue weighted by molar-refractivity contribution is -0.129. The predicted octanol–water partition coefficient (Wildman–Crippen LogP) is 7.63. The third-order valence-corrected chi connectivity index (χ3v) is 7.24. The molecule has 5 rings (SSSR count). The van der Waals surface area contributed by atoms with Crippen molar-refractivity contribution in [1.29, 1.82) is 0 Å². The molecule has 0 fully saturated rings. The number of rotatable bonds is 5. The Morgan fingerprint density at radius 3 is 2.38 bits per heavy atom. The van der Waals surface area contributed by atoms with Gasteiger partial charge in [-0.3, -0.25) is 0 Å². The molecule has 0 atom stereocenters. The molecule has 0 radical (unpaired) electrons. The van der Waals surface area contributed by atoms with E-state index in [1.807, 2.05) is 78.9 Å². The molecular weight excluding hydrogens is 676 g/mol. The van der Waals surface area contributed by atoms with Gasteiger partial charge in [0.25, 0.3) is 0 Å². The third kappa shape index (κ3) is 4.99. The van der Waals surface area contributed by atoms with Gasteiger partial charge in [0.15, 0.2) is 5.70 Å². The fourth-order valence-electron chi connectivity index (χ4n) is 3.58. The van der Waals surface area contributed by atoms with Crippen molar-refractivity contribution < 1.29 is 14.3 Å². The first-order valence-electron chi connectivity index (χ1n) is 10.3. The van der Waals surface area contributed by atoms with E-state index in [9.17, 15) is 4.79 Å². The minimum Gasteiger partial charge on any atom is -0.487 e. The second kappa shape index (κ2) is 10.1. The van der Waals surface area contributed by atoms with Crippen LogP contribution >= 0.6 is 56.8 Å². The molecule has 0 spiro atoms. The van der Waals surface area contributed by atoms with Crippen molar-refractivity contribution in [2.24, 2.45) is 4.99 Å². The number of cyclic esters (lactones) is 1. The molecule has 0 aromatic heterocycles. The van der Waals surface area contributed by atoms with Gasteiger partial charge in [-0.1, -0.05) is 60.1 Å². The van der Waals surface area contributed by atoms with Crippen molar-refractivity contribution in [3.05, 3.63) is 113 Å². The smallest absolute Gasteiger partial charge is 0.363 e. The van der Waals surface area contributed by atoms with Gasteiger partial charge in [0.2, 0.25) is 5.90 Å². The zero-order valence-corrected chi connectivity index (χ0v) is 22.7. The van der Waals surface area contributed by atoms with Crippen LogP contribution in [0.15, 0.2) is 89.6 Å². The van der Waals surface area contributed by atoms with Gasteiger partial charge in [-0.05, 0) is 97.9 Å². The molecule has 168 valence electrons. The average Bonchev–Trinajstić information content (AvgIpc) is 3.19. The lowest BCUT2D eigenvalue weighted by Crippen LogP contribution is -2.05. The van der Waals surface area contributed by atoms with Gasteiger partial charge in [0, 0.05) is 16.1 Å². The second-order valence-electron chi connectivity index (χ2n) is 7.59. The van der Waals surface area contributed by atoms with Crippen LogP contribution in [0.5, 0.6) is 5.75 Å². The number of fused-ring (bicyclic) bond motifs is 1. The lowest BCUT2D eigenvalue weighted by atomic mass is 10.1. The summed E-state index contributed by atoms with van der Waals surface area (Å²) >= 11 is 10.7. The van der Waals surface area contributed by atoms with E-state index >= 15 is 0 Å². The lowest BCUT2D eigenvalue weighted by Gasteiger charge is -2.12. The van der Waals surface area contributed by atoms with E-state index in [0.29, 0.717) is 17.5 Å². The molecule has 4 aromatic carbocycles. The maximum absolute atomic E-state index is 12.5. The van der Waals surface area contributed by atoms with Crippen molar-refractivity contribution in [1.82, 2.24) is 0 Å². The molecule has 1 aliphatic heterocycles. The topological polar surface area (TPSA) is 47.9 Å². The first-order valence-corrected chi connectivity index (χ1v) is 12.9. The van der Waals surface area contributed by atoms with Gasteiger partial charge in [-0.2, -0.15) is 0 Å².